The largest absolute Gasteiger partial charge is 0.444 e. The van der Waals surface area contributed by atoms with Crippen LogP contribution in [-0.4, -0.2) is 60.6 Å². The van der Waals surface area contributed by atoms with Crippen LogP contribution in [0.2, 0.25) is 0 Å². The van der Waals surface area contributed by atoms with Crippen LogP contribution >= 0.6 is 0 Å². The van der Waals surface area contributed by atoms with Crippen molar-refractivity contribution in [2.24, 2.45) is 0 Å². The first-order valence-electron chi connectivity index (χ1n) is 12.7. The van der Waals surface area contributed by atoms with Gasteiger partial charge in [-0.25, -0.2) is 23.5 Å². The molecule has 0 saturated carbocycles. The van der Waals surface area contributed by atoms with Crippen LogP contribution in [0, 0.1) is 11.6 Å². The molecule has 10 nitrogen and oxygen atoms in total. The molecule has 1 aromatic carbocycles. The Hall–Kier alpha value is -4.35. The second-order valence-electron chi connectivity index (χ2n) is 10.3. The van der Waals surface area contributed by atoms with E-state index in [4.69, 9.17) is 9.26 Å². The number of hydrogen-bond acceptors (Lipinski definition) is 8. The maximum absolute atomic E-state index is 14.8. The molecule has 1 aliphatic rings. The number of carbonyl (C=O) groups is 1. The summed E-state index contributed by atoms with van der Waals surface area (Å²) in [5.74, 6) is -0.813. The van der Waals surface area contributed by atoms with Crippen LogP contribution in [0.1, 0.15) is 39.2 Å². The lowest BCUT2D eigenvalue weighted by Crippen LogP contribution is -2.47. The van der Waals surface area contributed by atoms with E-state index in [1.54, 1.807) is 39.9 Å². The third-order valence-electron chi connectivity index (χ3n) is 6.15. The topological polar surface area (TPSA) is 111 Å². The SMILES string of the molecule is CC(C)(C)OC(=O)N1CCCC(Nc2nc(-c3cc(-c4ccon4)n(Cc4ccccc4F)n3)ncc2F)C1. The van der Waals surface area contributed by atoms with Gasteiger partial charge in [0, 0.05) is 30.8 Å². The first-order valence-corrected chi connectivity index (χ1v) is 12.7. The number of likely N-dealkylation sites (tertiary alicyclic amines) is 1. The zero-order valence-corrected chi connectivity index (χ0v) is 21.9. The van der Waals surface area contributed by atoms with Gasteiger partial charge in [-0.15, -0.1) is 0 Å². The summed E-state index contributed by atoms with van der Waals surface area (Å²) in [5, 5.41) is 11.7. The van der Waals surface area contributed by atoms with Crippen molar-refractivity contribution >= 4 is 11.9 Å². The predicted molar refractivity (Wildman–Crippen MR) is 139 cm³/mol. The second-order valence-corrected chi connectivity index (χ2v) is 10.3. The van der Waals surface area contributed by atoms with Crippen LogP contribution in [0.5, 0.6) is 0 Å². The summed E-state index contributed by atoms with van der Waals surface area (Å²) in [7, 11) is 0. The number of nitrogens with one attached hydrogen (secondary N) is 1. The monoisotopic (exact) mass is 537 g/mol. The Labute approximate surface area is 224 Å². The Balaban J connectivity index is 1.39. The Morgan fingerprint density at radius 3 is 2.74 bits per heavy atom. The first-order chi connectivity index (χ1) is 18.7. The van der Waals surface area contributed by atoms with Gasteiger partial charge in [-0.3, -0.25) is 4.68 Å². The summed E-state index contributed by atoms with van der Waals surface area (Å²) in [6, 6.07) is 9.54. The van der Waals surface area contributed by atoms with Crippen molar-refractivity contribution < 1.29 is 22.8 Å². The summed E-state index contributed by atoms with van der Waals surface area (Å²) >= 11 is 0. The van der Waals surface area contributed by atoms with E-state index in [2.05, 4.69) is 25.5 Å². The molecule has 1 fully saturated rings. The van der Waals surface area contributed by atoms with Crippen molar-refractivity contribution in [1.82, 2.24) is 29.8 Å². The fourth-order valence-electron chi connectivity index (χ4n) is 4.36. The lowest BCUT2D eigenvalue weighted by molar-refractivity contribution is 0.0206. The average molecular weight is 538 g/mol. The summed E-state index contributed by atoms with van der Waals surface area (Å²) in [5.41, 5.74) is 1.24. The molecule has 1 unspecified atom stereocenters. The van der Waals surface area contributed by atoms with Gasteiger partial charge in [0.05, 0.1) is 18.4 Å². The van der Waals surface area contributed by atoms with E-state index in [9.17, 15) is 13.6 Å². The van der Waals surface area contributed by atoms with Gasteiger partial charge in [-0.05, 0) is 45.7 Å². The number of carbonyl (C=O) groups excluding carboxylic acids is 1. The van der Waals surface area contributed by atoms with Crippen LogP contribution in [0.4, 0.5) is 19.4 Å². The molecule has 1 atom stereocenters. The molecule has 4 aromatic rings. The minimum absolute atomic E-state index is 0.00248. The zero-order valence-electron chi connectivity index (χ0n) is 21.9. The Morgan fingerprint density at radius 2 is 2.00 bits per heavy atom. The lowest BCUT2D eigenvalue weighted by Gasteiger charge is -2.34. The molecule has 3 aromatic heterocycles. The molecule has 5 rings (SSSR count). The first kappa shape index (κ1) is 26.3. The summed E-state index contributed by atoms with van der Waals surface area (Å²) < 4.78 is 41.2. The maximum atomic E-state index is 14.8. The highest BCUT2D eigenvalue weighted by atomic mass is 19.1. The van der Waals surface area contributed by atoms with Crippen LogP contribution in [0.15, 0.2) is 53.4 Å². The standard InChI is InChI=1S/C27H29F2N7O3/c1-27(2,3)39-26(37)35-11-6-8-18(16-35)31-24-20(29)14-30-25(32-24)22-13-23(21-10-12-38-34-21)36(33-22)15-17-7-4-5-9-19(17)28/h4-5,7,9-10,12-14,18H,6,8,11,15-16H2,1-3H3,(H,30,31,32). The number of hydrogen-bond donors (Lipinski definition) is 1. The van der Waals surface area contributed by atoms with Crippen LogP contribution in [0.25, 0.3) is 22.9 Å². The van der Waals surface area contributed by atoms with Crippen LogP contribution in [0.3, 0.4) is 0 Å². The van der Waals surface area contributed by atoms with E-state index in [1.165, 1.54) is 12.3 Å². The highest BCUT2D eigenvalue weighted by molar-refractivity contribution is 5.68. The molecule has 1 aliphatic heterocycles. The molecule has 0 bridgehead atoms. The van der Waals surface area contributed by atoms with E-state index in [-0.39, 0.29) is 30.0 Å². The third kappa shape index (κ3) is 6.21. The smallest absolute Gasteiger partial charge is 0.410 e. The minimum Gasteiger partial charge on any atom is -0.444 e. The van der Waals surface area contributed by atoms with Crippen molar-refractivity contribution in [3.8, 4) is 22.9 Å². The van der Waals surface area contributed by atoms with Gasteiger partial charge in [-0.2, -0.15) is 5.10 Å². The van der Waals surface area contributed by atoms with Crippen molar-refractivity contribution in [3.63, 3.8) is 0 Å². The highest BCUT2D eigenvalue weighted by Gasteiger charge is 2.28. The molecule has 1 saturated heterocycles. The fraction of sp³-hybridized carbons (Fsp3) is 0.370. The van der Waals surface area contributed by atoms with Gasteiger partial charge in [0.1, 0.15) is 29.1 Å². The van der Waals surface area contributed by atoms with E-state index < -0.39 is 17.5 Å². The van der Waals surface area contributed by atoms with Gasteiger partial charge in [0.2, 0.25) is 0 Å². The molecule has 204 valence electrons. The molecule has 39 heavy (non-hydrogen) atoms. The van der Waals surface area contributed by atoms with Crippen molar-refractivity contribution in [2.75, 3.05) is 18.4 Å². The quantitative estimate of drug-likeness (QED) is 0.360. The molecular formula is C27H29F2N7O3. The Bertz CT molecular complexity index is 1450. The van der Waals surface area contributed by atoms with Crippen molar-refractivity contribution in [3.05, 3.63) is 66.1 Å². The van der Waals surface area contributed by atoms with Gasteiger partial charge < -0.3 is 19.5 Å². The lowest BCUT2D eigenvalue weighted by atomic mass is 10.1. The normalized spacial score (nSPS) is 15.8. The van der Waals surface area contributed by atoms with E-state index in [0.29, 0.717) is 35.7 Å². The number of ether oxygens (including phenoxy) is 1. The molecular weight excluding hydrogens is 508 g/mol. The second kappa shape index (κ2) is 10.8. The van der Waals surface area contributed by atoms with E-state index >= 15 is 0 Å². The van der Waals surface area contributed by atoms with Crippen molar-refractivity contribution in [1.29, 1.82) is 0 Å². The number of nitrogens with zero attached hydrogens (tertiary/aromatic N) is 6. The number of halogens is 2. The minimum atomic E-state index is -0.629. The fourth-order valence-corrected chi connectivity index (χ4v) is 4.36. The van der Waals surface area contributed by atoms with Crippen LogP contribution in [-0.2, 0) is 11.3 Å². The number of amides is 1. The molecule has 4 heterocycles. The molecule has 12 heteroatoms. The third-order valence-corrected chi connectivity index (χ3v) is 6.15. The summed E-state index contributed by atoms with van der Waals surface area (Å²) in [6.07, 6.45) is 3.56. The molecule has 0 aliphatic carbocycles. The van der Waals surface area contributed by atoms with Crippen molar-refractivity contribution in [2.45, 2.75) is 51.8 Å². The number of rotatable bonds is 6. The van der Waals surface area contributed by atoms with Gasteiger partial charge >= 0.3 is 6.09 Å². The number of aromatic nitrogens is 5. The Kier molecular flexibility index (Phi) is 7.27. The zero-order chi connectivity index (χ0) is 27.6. The van der Waals surface area contributed by atoms with Gasteiger partial charge in [-0.1, -0.05) is 23.4 Å². The number of piperidine rings is 1. The average Bonchev–Trinajstić information content (AvgIpc) is 3.56. The van der Waals surface area contributed by atoms with Gasteiger partial charge in [0.15, 0.2) is 17.5 Å². The summed E-state index contributed by atoms with van der Waals surface area (Å²) in [6.45, 7) is 6.48. The number of benzene rings is 1. The summed E-state index contributed by atoms with van der Waals surface area (Å²) in [4.78, 5) is 22.7. The molecule has 1 N–H and O–H groups in total. The molecule has 0 radical (unpaired) electrons. The Morgan fingerprint density at radius 1 is 1.18 bits per heavy atom. The van der Waals surface area contributed by atoms with Crippen LogP contribution < -0.4 is 5.32 Å². The predicted octanol–water partition coefficient (Wildman–Crippen LogP) is 5.13. The maximum Gasteiger partial charge on any atom is 0.410 e. The van der Waals surface area contributed by atoms with E-state index in [0.717, 1.165) is 19.0 Å². The van der Waals surface area contributed by atoms with Gasteiger partial charge in [0.25, 0.3) is 0 Å². The molecule has 1 amide bonds. The molecule has 0 spiro atoms. The number of anilines is 1. The van der Waals surface area contributed by atoms with E-state index in [1.807, 2.05) is 20.8 Å². The highest BCUT2D eigenvalue weighted by Crippen LogP contribution is 2.27.